The van der Waals surface area contributed by atoms with E-state index in [-0.39, 0.29) is 11.3 Å². The Morgan fingerprint density at radius 2 is 1.62 bits per heavy atom. The van der Waals surface area contributed by atoms with Crippen molar-refractivity contribution in [2.45, 2.75) is 26.2 Å². The maximum absolute atomic E-state index is 13.0. The largest absolute Gasteiger partial charge is 0.322 e. The first-order valence-electron chi connectivity index (χ1n) is 9.34. The molecule has 29 heavy (non-hydrogen) atoms. The smallest absolute Gasteiger partial charge is 0.259 e. The number of aromatic nitrogens is 5. The minimum Gasteiger partial charge on any atom is -0.322 e. The number of nitrogens with one attached hydrogen (secondary N) is 1. The van der Waals surface area contributed by atoms with Gasteiger partial charge in [-0.15, -0.1) is 0 Å². The van der Waals surface area contributed by atoms with Crippen LogP contribution in [-0.2, 0) is 5.41 Å². The average Bonchev–Trinajstić information content (AvgIpc) is 3.39. The Morgan fingerprint density at radius 3 is 2.24 bits per heavy atom. The van der Waals surface area contributed by atoms with Crippen LogP contribution in [0.1, 0.15) is 36.8 Å². The number of hydrogen-bond acceptors (Lipinski definition) is 4. The third-order valence-electron chi connectivity index (χ3n) is 4.50. The van der Waals surface area contributed by atoms with E-state index in [0.717, 1.165) is 17.1 Å². The standard InChI is InChI=1S/C22H22N6O/c1-22(2,3)20-19(13-27(26-20)17-7-5-4-6-8-17)21(29)25-16-9-11-18(12-10-16)28-15-23-14-24-28/h4-15H,1-3H3,(H,25,29). The molecule has 0 atom stereocenters. The van der Waals surface area contributed by atoms with Crippen molar-refractivity contribution in [1.29, 1.82) is 0 Å². The Bertz CT molecular complexity index is 1110. The van der Waals surface area contributed by atoms with Crippen LogP contribution in [0.25, 0.3) is 11.4 Å². The third kappa shape index (κ3) is 3.94. The van der Waals surface area contributed by atoms with Gasteiger partial charge >= 0.3 is 0 Å². The van der Waals surface area contributed by atoms with Gasteiger partial charge in [0.2, 0.25) is 0 Å². The molecule has 7 heteroatoms. The molecule has 4 rings (SSSR count). The van der Waals surface area contributed by atoms with Crippen molar-refractivity contribution >= 4 is 11.6 Å². The molecule has 1 amide bonds. The van der Waals surface area contributed by atoms with E-state index in [1.807, 2.05) is 75.4 Å². The highest BCUT2D eigenvalue weighted by atomic mass is 16.1. The molecule has 2 heterocycles. The molecule has 2 aromatic heterocycles. The lowest BCUT2D eigenvalue weighted by Gasteiger charge is -2.17. The van der Waals surface area contributed by atoms with Gasteiger partial charge < -0.3 is 5.32 Å². The first-order valence-corrected chi connectivity index (χ1v) is 9.34. The van der Waals surface area contributed by atoms with Gasteiger partial charge in [-0.25, -0.2) is 14.3 Å². The zero-order valence-electron chi connectivity index (χ0n) is 16.6. The van der Waals surface area contributed by atoms with E-state index in [9.17, 15) is 4.79 Å². The molecule has 0 saturated heterocycles. The van der Waals surface area contributed by atoms with Gasteiger partial charge in [0.25, 0.3) is 5.91 Å². The Kier molecular flexibility index (Phi) is 4.72. The normalized spacial score (nSPS) is 11.4. The van der Waals surface area contributed by atoms with Gasteiger partial charge in [0, 0.05) is 17.3 Å². The zero-order valence-corrected chi connectivity index (χ0v) is 16.6. The lowest BCUT2D eigenvalue weighted by atomic mass is 9.89. The summed E-state index contributed by atoms with van der Waals surface area (Å²) in [6.45, 7) is 6.15. The lowest BCUT2D eigenvalue weighted by Crippen LogP contribution is -2.20. The number of rotatable bonds is 4. The van der Waals surface area contributed by atoms with E-state index in [2.05, 4.69) is 15.4 Å². The second kappa shape index (κ2) is 7.35. The molecule has 1 N–H and O–H groups in total. The molecule has 7 nitrogen and oxygen atoms in total. The molecule has 0 unspecified atom stereocenters. The number of benzene rings is 2. The van der Waals surface area contributed by atoms with Crippen LogP contribution in [0.5, 0.6) is 0 Å². The Hall–Kier alpha value is -3.74. The van der Waals surface area contributed by atoms with Crippen molar-refractivity contribution in [1.82, 2.24) is 24.5 Å². The van der Waals surface area contributed by atoms with Crippen LogP contribution in [0.2, 0.25) is 0 Å². The van der Waals surface area contributed by atoms with Crippen molar-refractivity contribution in [2.75, 3.05) is 5.32 Å². The van der Waals surface area contributed by atoms with E-state index >= 15 is 0 Å². The molecular formula is C22H22N6O. The van der Waals surface area contributed by atoms with Crippen molar-refractivity contribution < 1.29 is 4.79 Å². The number of nitrogens with zero attached hydrogens (tertiary/aromatic N) is 5. The van der Waals surface area contributed by atoms with Gasteiger partial charge in [-0.2, -0.15) is 10.2 Å². The lowest BCUT2D eigenvalue weighted by molar-refractivity contribution is 0.102. The van der Waals surface area contributed by atoms with Gasteiger partial charge in [-0.05, 0) is 36.4 Å². The number of hydrogen-bond donors (Lipinski definition) is 1. The molecule has 0 bridgehead atoms. The third-order valence-corrected chi connectivity index (χ3v) is 4.50. The predicted molar refractivity (Wildman–Crippen MR) is 112 cm³/mol. The highest BCUT2D eigenvalue weighted by Gasteiger charge is 2.26. The van der Waals surface area contributed by atoms with Crippen molar-refractivity contribution in [2.24, 2.45) is 0 Å². The van der Waals surface area contributed by atoms with Gasteiger partial charge in [0.05, 0.1) is 22.6 Å². The second-order valence-electron chi connectivity index (χ2n) is 7.76. The van der Waals surface area contributed by atoms with E-state index in [1.165, 1.54) is 6.33 Å². The van der Waals surface area contributed by atoms with Crippen molar-refractivity contribution in [3.63, 3.8) is 0 Å². The summed E-state index contributed by atoms with van der Waals surface area (Å²) < 4.78 is 3.41. The number of anilines is 1. The minimum absolute atomic E-state index is 0.189. The first kappa shape index (κ1) is 18.6. The topological polar surface area (TPSA) is 77.6 Å². The Balaban J connectivity index is 1.61. The Morgan fingerprint density at radius 1 is 0.931 bits per heavy atom. The quantitative estimate of drug-likeness (QED) is 0.575. The summed E-state index contributed by atoms with van der Waals surface area (Å²) in [4.78, 5) is 17.0. The van der Waals surface area contributed by atoms with Gasteiger partial charge in [0.15, 0.2) is 0 Å². The summed E-state index contributed by atoms with van der Waals surface area (Å²) in [7, 11) is 0. The molecule has 4 aromatic rings. The molecule has 0 saturated carbocycles. The molecule has 0 spiro atoms. The fourth-order valence-electron chi connectivity index (χ4n) is 3.04. The van der Waals surface area contributed by atoms with Crippen LogP contribution >= 0.6 is 0 Å². The molecule has 0 radical (unpaired) electrons. The first-order chi connectivity index (χ1) is 13.9. The maximum atomic E-state index is 13.0. The Labute approximate surface area is 169 Å². The summed E-state index contributed by atoms with van der Waals surface area (Å²) >= 11 is 0. The van der Waals surface area contributed by atoms with Crippen molar-refractivity contribution in [3.8, 4) is 11.4 Å². The summed E-state index contributed by atoms with van der Waals surface area (Å²) in [6, 6.07) is 17.2. The highest BCUT2D eigenvalue weighted by Crippen LogP contribution is 2.26. The summed E-state index contributed by atoms with van der Waals surface area (Å²) in [5.74, 6) is -0.189. The molecule has 0 aliphatic carbocycles. The van der Waals surface area contributed by atoms with Crippen LogP contribution in [-0.4, -0.2) is 30.5 Å². The number of para-hydroxylation sites is 1. The van der Waals surface area contributed by atoms with Crippen LogP contribution in [0.3, 0.4) is 0 Å². The monoisotopic (exact) mass is 386 g/mol. The molecule has 0 aliphatic heterocycles. The summed E-state index contributed by atoms with van der Waals surface area (Å²) in [5, 5.41) is 11.8. The molecule has 0 fully saturated rings. The SMILES string of the molecule is CC(C)(C)c1nn(-c2ccccc2)cc1C(=O)Nc1ccc(-n2cncn2)cc1. The second-order valence-corrected chi connectivity index (χ2v) is 7.76. The van der Waals surface area contributed by atoms with Crippen LogP contribution < -0.4 is 5.32 Å². The average molecular weight is 386 g/mol. The van der Waals surface area contributed by atoms with Gasteiger partial charge in [0.1, 0.15) is 12.7 Å². The fraction of sp³-hybridized carbons (Fsp3) is 0.182. The summed E-state index contributed by atoms with van der Waals surface area (Å²) in [5.41, 5.74) is 3.51. The van der Waals surface area contributed by atoms with E-state index < -0.39 is 0 Å². The van der Waals surface area contributed by atoms with Crippen molar-refractivity contribution in [3.05, 3.63) is 84.7 Å². The number of amides is 1. The molecule has 146 valence electrons. The van der Waals surface area contributed by atoms with Gasteiger partial charge in [-0.1, -0.05) is 39.0 Å². The van der Waals surface area contributed by atoms with Crippen LogP contribution in [0.15, 0.2) is 73.4 Å². The molecular weight excluding hydrogens is 364 g/mol. The van der Waals surface area contributed by atoms with Crippen LogP contribution in [0, 0.1) is 0 Å². The zero-order chi connectivity index (χ0) is 20.4. The van der Waals surface area contributed by atoms with Gasteiger partial charge in [-0.3, -0.25) is 4.79 Å². The van der Waals surface area contributed by atoms with Crippen LogP contribution in [0.4, 0.5) is 5.69 Å². The maximum Gasteiger partial charge on any atom is 0.259 e. The highest BCUT2D eigenvalue weighted by molar-refractivity contribution is 6.05. The van der Waals surface area contributed by atoms with E-state index in [4.69, 9.17) is 5.10 Å². The van der Waals surface area contributed by atoms with E-state index in [1.54, 1.807) is 21.9 Å². The number of carbonyl (C=O) groups excluding carboxylic acids is 1. The van der Waals surface area contributed by atoms with E-state index in [0.29, 0.717) is 11.3 Å². The molecule has 2 aromatic carbocycles. The fourth-order valence-corrected chi connectivity index (χ4v) is 3.04. The summed E-state index contributed by atoms with van der Waals surface area (Å²) in [6.07, 6.45) is 4.89. The number of carbonyl (C=O) groups is 1. The minimum atomic E-state index is -0.274. The molecule has 0 aliphatic rings. The predicted octanol–water partition coefficient (Wildman–Crippen LogP) is 4.00.